The van der Waals surface area contributed by atoms with Gasteiger partial charge in [0.05, 0.1) is 15.7 Å². The summed E-state index contributed by atoms with van der Waals surface area (Å²) in [7, 11) is 0. The van der Waals surface area contributed by atoms with Crippen LogP contribution >= 0.6 is 11.3 Å². The van der Waals surface area contributed by atoms with Crippen LogP contribution in [0.25, 0.3) is 10.2 Å². The Balaban J connectivity index is 1.43. The van der Waals surface area contributed by atoms with E-state index in [9.17, 15) is 0 Å². The molecule has 0 fully saturated rings. The third kappa shape index (κ3) is 3.78. The summed E-state index contributed by atoms with van der Waals surface area (Å²) < 4.78 is 1.12. The molecule has 26 heavy (non-hydrogen) atoms. The van der Waals surface area contributed by atoms with E-state index in [2.05, 4.69) is 61.8 Å². The SMILES string of the molecule is C[C@H](CNc1ncnc(Nc2ccc3ncsc3c2)n1)c1ccccc1. The number of hydrogen-bond acceptors (Lipinski definition) is 7. The zero-order chi connectivity index (χ0) is 17.8. The summed E-state index contributed by atoms with van der Waals surface area (Å²) >= 11 is 1.61. The molecule has 4 rings (SSSR count). The van der Waals surface area contributed by atoms with Crippen molar-refractivity contribution < 1.29 is 0 Å². The second-order valence-corrected chi connectivity index (χ2v) is 6.87. The maximum Gasteiger partial charge on any atom is 0.231 e. The van der Waals surface area contributed by atoms with Gasteiger partial charge in [0.1, 0.15) is 6.33 Å². The van der Waals surface area contributed by atoms with Crippen LogP contribution in [0.15, 0.2) is 60.4 Å². The summed E-state index contributed by atoms with van der Waals surface area (Å²) in [5.41, 5.74) is 5.04. The monoisotopic (exact) mass is 362 g/mol. The van der Waals surface area contributed by atoms with Crippen LogP contribution in [0, 0.1) is 0 Å². The average Bonchev–Trinajstić information content (AvgIpc) is 3.15. The minimum Gasteiger partial charge on any atom is -0.353 e. The minimum atomic E-state index is 0.359. The fourth-order valence-electron chi connectivity index (χ4n) is 2.65. The first kappa shape index (κ1) is 16.4. The molecule has 2 N–H and O–H groups in total. The number of hydrogen-bond donors (Lipinski definition) is 2. The van der Waals surface area contributed by atoms with Crippen molar-refractivity contribution in [3.8, 4) is 0 Å². The summed E-state index contributed by atoms with van der Waals surface area (Å²) in [4.78, 5) is 17.1. The molecule has 130 valence electrons. The highest BCUT2D eigenvalue weighted by molar-refractivity contribution is 7.16. The van der Waals surface area contributed by atoms with Gasteiger partial charge in [0.15, 0.2) is 0 Å². The van der Waals surface area contributed by atoms with Crippen molar-refractivity contribution in [1.82, 2.24) is 19.9 Å². The number of thiazole rings is 1. The predicted octanol–water partition coefficient (Wildman–Crippen LogP) is 4.44. The van der Waals surface area contributed by atoms with Gasteiger partial charge in [-0.05, 0) is 29.7 Å². The molecule has 0 saturated heterocycles. The first-order chi connectivity index (χ1) is 12.8. The number of anilines is 3. The van der Waals surface area contributed by atoms with Crippen LogP contribution in [0.4, 0.5) is 17.6 Å². The van der Waals surface area contributed by atoms with E-state index in [1.165, 1.54) is 11.9 Å². The summed E-state index contributed by atoms with van der Waals surface area (Å²) in [6.45, 7) is 2.92. The predicted molar refractivity (Wildman–Crippen MR) is 106 cm³/mol. The second-order valence-electron chi connectivity index (χ2n) is 5.99. The number of benzene rings is 2. The van der Waals surface area contributed by atoms with E-state index in [0.717, 1.165) is 22.4 Å². The summed E-state index contributed by atoms with van der Waals surface area (Å²) in [6, 6.07) is 16.4. The summed E-state index contributed by atoms with van der Waals surface area (Å²) in [6.07, 6.45) is 1.51. The molecule has 0 unspecified atom stereocenters. The number of nitrogens with zero attached hydrogens (tertiary/aromatic N) is 4. The molecule has 0 saturated carbocycles. The van der Waals surface area contributed by atoms with Gasteiger partial charge in [-0.3, -0.25) is 0 Å². The fourth-order valence-corrected chi connectivity index (χ4v) is 3.36. The van der Waals surface area contributed by atoms with Gasteiger partial charge in [-0.15, -0.1) is 11.3 Å². The number of fused-ring (bicyclic) bond motifs is 1. The molecule has 0 amide bonds. The molecule has 6 nitrogen and oxygen atoms in total. The Morgan fingerprint density at radius 3 is 2.73 bits per heavy atom. The lowest BCUT2D eigenvalue weighted by Gasteiger charge is -2.13. The van der Waals surface area contributed by atoms with E-state index < -0.39 is 0 Å². The van der Waals surface area contributed by atoms with E-state index in [0.29, 0.717) is 17.8 Å². The average molecular weight is 362 g/mol. The zero-order valence-electron chi connectivity index (χ0n) is 14.3. The molecule has 0 bridgehead atoms. The zero-order valence-corrected chi connectivity index (χ0v) is 15.1. The maximum absolute atomic E-state index is 4.44. The number of nitrogens with one attached hydrogen (secondary N) is 2. The van der Waals surface area contributed by atoms with Crippen LogP contribution < -0.4 is 10.6 Å². The lowest BCUT2D eigenvalue weighted by Crippen LogP contribution is -2.12. The van der Waals surface area contributed by atoms with Crippen LogP contribution in [-0.2, 0) is 0 Å². The van der Waals surface area contributed by atoms with Crippen LogP contribution in [0.2, 0.25) is 0 Å². The van der Waals surface area contributed by atoms with Gasteiger partial charge < -0.3 is 10.6 Å². The molecule has 7 heteroatoms. The van der Waals surface area contributed by atoms with Gasteiger partial charge in [0.25, 0.3) is 0 Å². The topological polar surface area (TPSA) is 75.6 Å². The third-order valence-electron chi connectivity index (χ3n) is 4.09. The standard InChI is InChI=1S/C19H18N6S/c1-13(14-5-3-2-4-6-14)10-20-18-21-11-22-19(25-18)24-15-7-8-16-17(9-15)26-12-23-16/h2-9,11-13H,10H2,1H3,(H2,20,21,22,24,25)/t13-/m1/s1. The Hall–Kier alpha value is -3.06. The Kier molecular flexibility index (Phi) is 4.70. The van der Waals surface area contributed by atoms with E-state index in [1.807, 2.05) is 29.8 Å². The molecular formula is C19H18N6S. The molecule has 2 aromatic heterocycles. The third-order valence-corrected chi connectivity index (χ3v) is 4.89. The van der Waals surface area contributed by atoms with Crippen molar-refractivity contribution in [2.45, 2.75) is 12.8 Å². The quantitative estimate of drug-likeness (QED) is 0.528. The molecule has 1 atom stereocenters. The lowest BCUT2D eigenvalue weighted by atomic mass is 10.0. The molecular weight excluding hydrogens is 344 g/mol. The van der Waals surface area contributed by atoms with Crippen LogP contribution in [0.5, 0.6) is 0 Å². The number of aromatic nitrogens is 4. The van der Waals surface area contributed by atoms with E-state index in [-0.39, 0.29) is 0 Å². The molecule has 2 aromatic carbocycles. The van der Waals surface area contributed by atoms with E-state index >= 15 is 0 Å². The minimum absolute atomic E-state index is 0.359. The Bertz CT molecular complexity index is 1000. The molecule has 0 spiro atoms. The fraction of sp³-hybridized carbons (Fsp3) is 0.158. The van der Waals surface area contributed by atoms with Gasteiger partial charge in [-0.25, -0.2) is 15.0 Å². The summed E-state index contributed by atoms with van der Waals surface area (Å²) in [5, 5.41) is 6.51. The molecule has 0 aliphatic heterocycles. The van der Waals surface area contributed by atoms with Gasteiger partial charge in [0.2, 0.25) is 11.9 Å². The molecule has 4 aromatic rings. The van der Waals surface area contributed by atoms with Gasteiger partial charge in [0, 0.05) is 12.2 Å². The summed E-state index contributed by atoms with van der Waals surface area (Å²) in [5.74, 6) is 1.43. The molecule has 0 radical (unpaired) electrons. The van der Waals surface area contributed by atoms with E-state index in [4.69, 9.17) is 0 Å². The van der Waals surface area contributed by atoms with Crippen molar-refractivity contribution in [1.29, 1.82) is 0 Å². The maximum atomic E-state index is 4.44. The molecule has 0 aliphatic rings. The Labute approximate surface area is 155 Å². The van der Waals surface area contributed by atoms with E-state index in [1.54, 1.807) is 11.3 Å². The van der Waals surface area contributed by atoms with Crippen molar-refractivity contribution >= 4 is 39.1 Å². The van der Waals surface area contributed by atoms with Crippen molar-refractivity contribution in [3.63, 3.8) is 0 Å². The normalized spacial score (nSPS) is 12.0. The highest BCUT2D eigenvalue weighted by Gasteiger charge is 2.07. The van der Waals surface area contributed by atoms with Crippen LogP contribution in [-0.4, -0.2) is 26.5 Å². The smallest absolute Gasteiger partial charge is 0.231 e. The first-order valence-corrected chi connectivity index (χ1v) is 9.24. The van der Waals surface area contributed by atoms with Gasteiger partial charge in [-0.2, -0.15) is 4.98 Å². The van der Waals surface area contributed by atoms with Crippen molar-refractivity contribution in [3.05, 3.63) is 65.9 Å². The van der Waals surface area contributed by atoms with Crippen molar-refractivity contribution in [2.24, 2.45) is 0 Å². The Morgan fingerprint density at radius 2 is 1.85 bits per heavy atom. The van der Waals surface area contributed by atoms with Gasteiger partial charge >= 0.3 is 0 Å². The lowest BCUT2D eigenvalue weighted by molar-refractivity contribution is 0.795. The first-order valence-electron chi connectivity index (χ1n) is 8.36. The number of rotatable bonds is 6. The second kappa shape index (κ2) is 7.45. The van der Waals surface area contributed by atoms with Crippen LogP contribution in [0.1, 0.15) is 18.4 Å². The molecule has 2 heterocycles. The Morgan fingerprint density at radius 1 is 1.00 bits per heavy atom. The highest BCUT2D eigenvalue weighted by Crippen LogP contribution is 2.23. The highest BCUT2D eigenvalue weighted by atomic mass is 32.1. The molecule has 0 aliphatic carbocycles. The van der Waals surface area contributed by atoms with Crippen molar-refractivity contribution in [2.75, 3.05) is 17.2 Å². The van der Waals surface area contributed by atoms with Gasteiger partial charge in [-0.1, -0.05) is 37.3 Å². The van der Waals surface area contributed by atoms with Crippen LogP contribution in [0.3, 0.4) is 0 Å². The largest absolute Gasteiger partial charge is 0.353 e.